The van der Waals surface area contributed by atoms with Gasteiger partial charge in [0.15, 0.2) is 17.3 Å². The summed E-state index contributed by atoms with van der Waals surface area (Å²) in [5.41, 5.74) is 1.39. The van der Waals surface area contributed by atoms with E-state index in [4.69, 9.17) is 9.47 Å². The van der Waals surface area contributed by atoms with Crippen molar-refractivity contribution >= 4 is 17.0 Å². The molecule has 7 nitrogen and oxygen atoms in total. The Morgan fingerprint density at radius 3 is 2.76 bits per heavy atom. The van der Waals surface area contributed by atoms with Crippen molar-refractivity contribution in [3.63, 3.8) is 0 Å². The van der Waals surface area contributed by atoms with Crippen LogP contribution in [-0.2, 0) is 9.47 Å². The van der Waals surface area contributed by atoms with Gasteiger partial charge in [0.05, 0.1) is 12.9 Å². The van der Waals surface area contributed by atoms with Gasteiger partial charge in [0.25, 0.3) is 0 Å². The van der Waals surface area contributed by atoms with Crippen LogP contribution < -0.4 is 5.32 Å². The van der Waals surface area contributed by atoms with E-state index < -0.39 is 5.79 Å². The van der Waals surface area contributed by atoms with E-state index >= 15 is 0 Å². The number of aromatic amines is 1. The lowest BCUT2D eigenvalue weighted by Gasteiger charge is -2.26. The Balaban J connectivity index is 2.16. The van der Waals surface area contributed by atoms with Crippen LogP contribution in [0.5, 0.6) is 0 Å². The number of aromatic nitrogens is 4. The molecule has 17 heavy (non-hydrogen) atoms. The first kappa shape index (κ1) is 11.7. The predicted molar refractivity (Wildman–Crippen MR) is 62.6 cm³/mol. The van der Waals surface area contributed by atoms with Gasteiger partial charge in [-0.05, 0) is 6.92 Å². The van der Waals surface area contributed by atoms with E-state index in [9.17, 15) is 0 Å². The van der Waals surface area contributed by atoms with Gasteiger partial charge in [-0.25, -0.2) is 15.0 Å². The Morgan fingerprint density at radius 1 is 1.29 bits per heavy atom. The molecule has 0 radical (unpaired) electrons. The van der Waals surface area contributed by atoms with E-state index in [2.05, 4.69) is 25.3 Å². The molecule has 2 rings (SSSR count). The van der Waals surface area contributed by atoms with Crippen LogP contribution in [0, 0.1) is 0 Å². The van der Waals surface area contributed by atoms with E-state index in [-0.39, 0.29) is 0 Å². The molecule has 0 amide bonds. The number of anilines is 1. The van der Waals surface area contributed by atoms with E-state index in [1.165, 1.54) is 6.33 Å². The largest absolute Gasteiger partial charge is 0.363 e. The van der Waals surface area contributed by atoms with Gasteiger partial charge in [-0.2, -0.15) is 0 Å². The van der Waals surface area contributed by atoms with Gasteiger partial charge in [0.1, 0.15) is 11.8 Å². The molecular weight excluding hydrogens is 222 g/mol. The zero-order valence-corrected chi connectivity index (χ0v) is 10.0. The van der Waals surface area contributed by atoms with Crippen LogP contribution in [0.2, 0.25) is 0 Å². The fourth-order valence-corrected chi connectivity index (χ4v) is 1.37. The van der Waals surface area contributed by atoms with Gasteiger partial charge >= 0.3 is 0 Å². The summed E-state index contributed by atoms with van der Waals surface area (Å²) in [6, 6.07) is 0. The minimum Gasteiger partial charge on any atom is -0.363 e. The Kier molecular flexibility index (Phi) is 3.21. The molecule has 92 valence electrons. The van der Waals surface area contributed by atoms with Crippen LogP contribution in [0.4, 0.5) is 5.82 Å². The summed E-state index contributed by atoms with van der Waals surface area (Å²) in [4.78, 5) is 15.2. The lowest BCUT2D eigenvalue weighted by atomic mass is 10.3. The number of imidazole rings is 1. The minimum atomic E-state index is -0.697. The average molecular weight is 237 g/mol. The molecule has 0 atom stereocenters. The molecule has 0 fully saturated rings. The Labute approximate surface area is 98.6 Å². The summed E-state index contributed by atoms with van der Waals surface area (Å²) in [7, 11) is 3.19. The monoisotopic (exact) mass is 237 g/mol. The number of hydrogen-bond donors (Lipinski definition) is 2. The van der Waals surface area contributed by atoms with Crippen molar-refractivity contribution in [2.45, 2.75) is 12.7 Å². The molecule has 2 heterocycles. The van der Waals surface area contributed by atoms with Gasteiger partial charge in [-0.1, -0.05) is 0 Å². The zero-order chi connectivity index (χ0) is 12.3. The van der Waals surface area contributed by atoms with Gasteiger partial charge in [0.2, 0.25) is 0 Å². The van der Waals surface area contributed by atoms with E-state index in [0.29, 0.717) is 18.0 Å². The number of hydrogen-bond acceptors (Lipinski definition) is 6. The summed E-state index contributed by atoms with van der Waals surface area (Å²) < 4.78 is 10.5. The quantitative estimate of drug-likeness (QED) is 0.747. The topological polar surface area (TPSA) is 85.0 Å². The molecule has 0 aliphatic carbocycles. The van der Waals surface area contributed by atoms with E-state index in [1.807, 2.05) is 6.92 Å². The molecule has 0 saturated heterocycles. The number of rotatable bonds is 5. The molecule has 0 unspecified atom stereocenters. The van der Waals surface area contributed by atoms with Gasteiger partial charge < -0.3 is 19.8 Å². The maximum absolute atomic E-state index is 5.25. The third kappa shape index (κ3) is 2.34. The van der Waals surface area contributed by atoms with Crippen LogP contribution in [-0.4, -0.2) is 46.5 Å². The molecule has 0 bridgehead atoms. The first-order chi connectivity index (χ1) is 8.18. The molecule has 0 aliphatic rings. The molecule has 7 heteroatoms. The number of fused-ring (bicyclic) bond motifs is 1. The summed E-state index contributed by atoms with van der Waals surface area (Å²) in [6.07, 6.45) is 3.04. The molecule has 2 N–H and O–H groups in total. The maximum Gasteiger partial charge on any atom is 0.182 e. The maximum atomic E-state index is 5.25. The highest BCUT2D eigenvalue weighted by Crippen LogP contribution is 2.16. The van der Waals surface area contributed by atoms with Crippen molar-refractivity contribution < 1.29 is 9.47 Å². The van der Waals surface area contributed by atoms with Crippen LogP contribution in [0.15, 0.2) is 12.7 Å². The van der Waals surface area contributed by atoms with Crippen molar-refractivity contribution in [2.75, 3.05) is 26.1 Å². The minimum absolute atomic E-state index is 0.463. The fourth-order valence-electron chi connectivity index (χ4n) is 1.37. The molecule has 0 saturated carbocycles. The van der Waals surface area contributed by atoms with Gasteiger partial charge in [-0.3, -0.25) is 0 Å². The number of nitrogens with one attached hydrogen (secondary N) is 2. The third-order valence-corrected chi connectivity index (χ3v) is 2.66. The van der Waals surface area contributed by atoms with E-state index in [0.717, 1.165) is 5.52 Å². The number of nitrogens with zero attached hydrogens (tertiary/aromatic N) is 3. The Bertz CT molecular complexity index is 494. The summed E-state index contributed by atoms with van der Waals surface area (Å²) in [5, 5.41) is 3.14. The van der Waals surface area contributed by atoms with Gasteiger partial charge in [0, 0.05) is 14.2 Å². The normalized spacial score (nSPS) is 11.9. The smallest absolute Gasteiger partial charge is 0.182 e. The van der Waals surface area contributed by atoms with Crippen molar-refractivity contribution in [3.8, 4) is 0 Å². The molecule has 0 aliphatic heterocycles. The van der Waals surface area contributed by atoms with Crippen molar-refractivity contribution in [1.82, 2.24) is 19.9 Å². The predicted octanol–water partition coefficient (Wildman–Crippen LogP) is 0.774. The first-order valence-corrected chi connectivity index (χ1v) is 5.17. The number of ether oxygens (including phenoxy) is 2. The van der Waals surface area contributed by atoms with Gasteiger partial charge in [-0.15, -0.1) is 0 Å². The second kappa shape index (κ2) is 4.64. The lowest BCUT2D eigenvalue weighted by molar-refractivity contribution is -0.182. The summed E-state index contributed by atoms with van der Waals surface area (Å²) in [6.45, 7) is 2.30. The van der Waals surface area contributed by atoms with Crippen molar-refractivity contribution in [3.05, 3.63) is 12.7 Å². The highest BCUT2D eigenvalue weighted by atomic mass is 16.7. The standard InChI is InChI=1S/C10H15N5O2/c1-10(16-2,17-3)4-11-8-7-9(13-5-12-7)15-6-14-8/h5-6H,4H2,1-3H3,(H2,11,12,13,14,15). The van der Waals surface area contributed by atoms with Crippen LogP contribution >= 0.6 is 0 Å². The number of methoxy groups -OCH3 is 2. The van der Waals surface area contributed by atoms with Crippen molar-refractivity contribution in [2.24, 2.45) is 0 Å². The van der Waals surface area contributed by atoms with E-state index in [1.54, 1.807) is 20.5 Å². The Hall–Kier alpha value is -1.73. The molecule has 0 spiro atoms. The number of H-pyrrole nitrogens is 1. The second-order valence-corrected chi connectivity index (χ2v) is 3.72. The zero-order valence-electron chi connectivity index (χ0n) is 10.0. The fraction of sp³-hybridized carbons (Fsp3) is 0.500. The first-order valence-electron chi connectivity index (χ1n) is 5.17. The second-order valence-electron chi connectivity index (χ2n) is 3.72. The molecule has 2 aromatic rings. The molecule has 2 aromatic heterocycles. The van der Waals surface area contributed by atoms with Crippen LogP contribution in [0.3, 0.4) is 0 Å². The highest BCUT2D eigenvalue weighted by molar-refractivity contribution is 5.81. The van der Waals surface area contributed by atoms with Crippen molar-refractivity contribution in [1.29, 1.82) is 0 Å². The highest BCUT2D eigenvalue weighted by Gasteiger charge is 2.22. The lowest BCUT2D eigenvalue weighted by Crippen LogP contribution is -2.37. The summed E-state index contributed by atoms with van der Waals surface area (Å²) in [5.74, 6) is -0.0232. The molecule has 0 aromatic carbocycles. The molecular formula is C10H15N5O2. The van der Waals surface area contributed by atoms with Crippen LogP contribution in [0.25, 0.3) is 11.2 Å². The SMILES string of the molecule is COC(C)(CNc1ncnc2nc[nH]c12)OC. The van der Waals surface area contributed by atoms with Crippen LogP contribution in [0.1, 0.15) is 6.92 Å². The summed E-state index contributed by atoms with van der Waals surface area (Å²) >= 11 is 0. The third-order valence-electron chi connectivity index (χ3n) is 2.66. The average Bonchev–Trinajstić information content (AvgIpc) is 2.84. The Morgan fingerprint density at radius 2 is 2.06 bits per heavy atom.